The molecule has 0 atom stereocenters. The van der Waals surface area contributed by atoms with Gasteiger partial charge in [-0.05, 0) is 6.92 Å². The lowest BCUT2D eigenvalue weighted by Gasteiger charge is -2.02. The molecule has 0 spiro atoms. The maximum atomic E-state index is 11.3. The number of hydrogen-bond acceptors (Lipinski definition) is 4. The van der Waals surface area contributed by atoms with Crippen LogP contribution in [0.1, 0.15) is 23.0 Å². The van der Waals surface area contributed by atoms with Crippen LogP contribution in [0.3, 0.4) is 0 Å². The van der Waals surface area contributed by atoms with Crippen molar-refractivity contribution in [2.45, 2.75) is 12.7 Å². The van der Waals surface area contributed by atoms with Crippen LogP contribution >= 0.6 is 12.6 Å². The molecule has 1 rings (SSSR count). The summed E-state index contributed by atoms with van der Waals surface area (Å²) in [6.07, 6.45) is 1.50. The molecular formula is C8H12N2O2S. The van der Waals surface area contributed by atoms with E-state index >= 15 is 0 Å². The van der Waals surface area contributed by atoms with Crippen LogP contribution in [0.4, 0.5) is 0 Å². The summed E-state index contributed by atoms with van der Waals surface area (Å²) in [6.45, 7) is 2.15. The lowest BCUT2D eigenvalue weighted by molar-refractivity contribution is 0.0525. The maximum Gasteiger partial charge on any atom is 0.341 e. The second-order valence-electron chi connectivity index (χ2n) is 2.51. The zero-order valence-corrected chi connectivity index (χ0v) is 8.54. The molecule has 0 fully saturated rings. The highest BCUT2D eigenvalue weighted by Crippen LogP contribution is 2.11. The first-order valence-corrected chi connectivity index (χ1v) is 4.62. The van der Waals surface area contributed by atoms with Gasteiger partial charge in [0, 0.05) is 12.8 Å². The quantitative estimate of drug-likeness (QED) is 0.585. The average Bonchev–Trinajstić information content (AvgIpc) is 2.47. The zero-order chi connectivity index (χ0) is 9.84. The molecule has 0 aliphatic carbocycles. The fourth-order valence-electron chi connectivity index (χ4n) is 1.03. The summed E-state index contributed by atoms with van der Waals surface area (Å²) in [5, 5.41) is 3.96. The summed E-state index contributed by atoms with van der Waals surface area (Å²) in [4.78, 5) is 11.3. The third-order valence-corrected chi connectivity index (χ3v) is 2.01. The number of hydrogen-bond donors (Lipinski definition) is 1. The van der Waals surface area contributed by atoms with E-state index in [9.17, 15) is 4.79 Å². The Balaban J connectivity index is 2.93. The monoisotopic (exact) mass is 200 g/mol. The van der Waals surface area contributed by atoms with E-state index in [1.807, 2.05) is 0 Å². The van der Waals surface area contributed by atoms with E-state index in [1.54, 1.807) is 18.7 Å². The molecule has 0 aromatic carbocycles. The van der Waals surface area contributed by atoms with Crippen molar-refractivity contribution in [3.05, 3.63) is 17.5 Å². The first kappa shape index (κ1) is 10.1. The number of esters is 1. The summed E-state index contributed by atoms with van der Waals surface area (Å²) in [5.74, 6) is 0.143. The molecule has 0 aliphatic heterocycles. The largest absolute Gasteiger partial charge is 0.462 e. The van der Waals surface area contributed by atoms with Crippen LogP contribution < -0.4 is 0 Å². The highest BCUT2D eigenvalue weighted by molar-refractivity contribution is 7.79. The van der Waals surface area contributed by atoms with E-state index in [2.05, 4.69) is 17.7 Å². The Morgan fingerprint density at radius 1 is 1.77 bits per heavy atom. The van der Waals surface area contributed by atoms with Crippen molar-refractivity contribution in [3.8, 4) is 0 Å². The number of carbonyl (C=O) groups is 1. The summed E-state index contributed by atoms with van der Waals surface area (Å²) < 4.78 is 6.48. The van der Waals surface area contributed by atoms with Gasteiger partial charge in [0.1, 0.15) is 5.56 Å². The Kier molecular flexibility index (Phi) is 3.36. The van der Waals surface area contributed by atoms with Crippen LogP contribution in [-0.2, 0) is 17.5 Å². The lowest BCUT2D eigenvalue weighted by Crippen LogP contribution is -2.07. The molecule has 0 bridgehead atoms. The molecule has 13 heavy (non-hydrogen) atoms. The van der Waals surface area contributed by atoms with Gasteiger partial charge in [0.15, 0.2) is 0 Å². The predicted octanol–water partition coefficient (Wildman–Crippen LogP) is 1.03. The predicted molar refractivity (Wildman–Crippen MR) is 51.9 cm³/mol. The molecule has 0 saturated heterocycles. The van der Waals surface area contributed by atoms with Gasteiger partial charge in [-0.2, -0.15) is 17.7 Å². The van der Waals surface area contributed by atoms with Gasteiger partial charge in [-0.25, -0.2) is 4.79 Å². The topological polar surface area (TPSA) is 44.1 Å². The first-order chi connectivity index (χ1) is 6.20. The van der Waals surface area contributed by atoms with Crippen molar-refractivity contribution < 1.29 is 9.53 Å². The van der Waals surface area contributed by atoms with Gasteiger partial charge in [-0.1, -0.05) is 0 Å². The van der Waals surface area contributed by atoms with Gasteiger partial charge in [-0.3, -0.25) is 4.68 Å². The van der Waals surface area contributed by atoms with Gasteiger partial charge in [0.2, 0.25) is 0 Å². The smallest absolute Gasteiger partial charge is 0.341 e. The second kappa shape index (κ2) is 4.32. The summed E-state index contributed by atoms with van der Waals surface area (Å²) in [5.41, 5.74) is 1.28. The highest BCUT2D eigenvalue weighted by Gasteiger charge is 2.15. The standard InChI is InChI=1S/C8H12N2O2S/c1-3-12-8(11)6-4-9-10(2)7(6)5-13/h4,13H,3,5H2,1-2H3. The molecule has 0 aliphatic rings. The Bertz CT molecular complexity index is 309. The van der Waals surface area contributed by atoms with Crippen LogP contribution in [0.2, 0.25) is 0 Å². The highest BCUT2D eigenvalue weighted by atomic mass is 32.1. The fraction of sp³-hybridized carbons (Fsp3) is 0.500. The van der Waals surface area contributed by atoms with Crippen molar-refractivity contribution in [2.75, 3.05) is 6.61 Å². The number of ether oxygens (including phenoxy) is 1. The molecule has 0 radical (unpaired) electrons. The number of aryl methyl sites for hydroxylation is 1. The molecule has 4 nitrogen and oxygen atoms in total. The number of aromatic nitrogens is 2. The zero-order valence-electron chi connectivity index (χ0n) is 7.65. The average molecular weight is 200 g/mol. The third kappa shape index (κ3) is 2.03. The molecule has 5 heteroatoms. The maximum absolute atomic E-state index is 11.3. The van der Waals surface area contributed by atoms with Gasteiger partial charge < -0.3 is 4.74 Å². The molecule has 72 valence electrons. The van der Waals surface area contributed by atoms with E-state index in [-0.39, 0.29) is 5.97 Å². The fourth-order valence-corrected chi connectivity index (χ4v) is 1.40. The van der Waals surface area contributed by atoms with Crippen molar-refractivity contribution >= 4 is 18.6 Å². The van der Waals surface area contributed by atoms with Gasteiger partial charge in [-0.15, -0.1) is 0 Å². The van der Waals surface area contributed by atoms with Crippen LogP contribution in [0, 0.1) is 0 Å². The van der Waals surface area contributed by atoms with Crippen LogP contribution in [0.25, 0.3) is 0 Å². The van der Waals surface area contributed by atoms with E-state index in [0.29, 0.717) is 17.9 Å². The van der Waals surface area contributed by atoms with Gasteiger partial charge in [0.25, 0.3) is 0 Å². The van der Waals surface area contributed by atoms with Gasteiger partial charge >= 0.3 is 5.97 Å². The van der Waals surface area contributed by atoms with Crippen molar-refractivity contribution in [2.24, 2.45) is 7.05 Å². The minimum atomic E-state index is -0.334. The summed E-state index contributed by atoms with van der Waals surface area (Å²) in [6, 6.07) is 0. The molecule has 0 unspecified atom stereocenters. The van der Waals surface area contributed by atoms with E-state index in [4.69, 9.17) is 4.74 Å². The number of carbonyl (C=O) groups excluding carboxylic acids is 1. The Morgan fingerprint density at radius 2 is 2.46 bits per heavy atom. The van der Waals surface area contributed by atoms with Gasteiger partial charge in [0.05, 0.1) is 18.5 Å². The molecule has 1 aromatic heterocycles. The van der Waals surface area contributed by atoms with E-state index in [1.165, 1.54) is 6.20 Å². The number of thiol groups is 1. The molecule has 0 saturated carbocycles. The van der Waals surface area contributed by atoms with Crippen molar-refractivity contribution in [1.29, 1.82) is 0 Å². The minimum absolute atomic E-state index is 0.334. The molecule has 1 heterocycles. The third-order valence-electron chi connectivity index (χ3n) is 1.71. The van der Waals surface area contributed by atoms with E-state index < -0.39 is 0 Å². The van der Waals surface area contributed by atoms with Crippen molar-refractivity contribution in [3.63, 3.8) is 0 Å². The summed E-state index contributed by atoms with van der Waals surface area (Å²) in [7, 11) is 1.77. The Hall–Kier alpha value is -0.970. The van der Waals surface area contributed by atoms with Crippen LogP contribution in [-0.4, -0.2) is 22.4 Å². The minimum Gasteiger partial charge on any atom is -0.462 e. The van der Waals surface area contributed by atoms with Crippen molar-refractivity contribution in [1.82, 2.24) is 9.78 Å². The molecule has 0 N–H and O–H groups in total. The van der Waals surface area contributed by atoms with Crippen LogP contribution in [0.5, 0.6) is 0 Å². The number of rotatable bonds is 3. The molecule has 0 amide bonds. The Morgan fingerprint density at radius 3 is 3.00 bits per heavy atom. The normalized spacial score (nSPS) is 10.1. The summed E-state index contributed by atoms with van der Waals surface area (Å²) >= 11 is 4.11. The molecular weight excluding hydrogens is 188 g/mol. The first-order valence-electron chi connectivity index (χ1n) is 3.99. The molecule has 1 aromatic rings. The SMILES string of the molecule is CCOC(=O)c1cnn(C)c1CS. The second-order valence-corrected chi connectivity index (χ2v) is 2.82. The van der Waals surface area contributed by atoms with E-state index in [0.717, 1.165) is 5.69 Å². The lowest BCUT2D eigenvalue weighted by atomic mass is 10.3. The number of nitrogens with zero attached hydrogens (tertiary/aromatic N) is 2. The Labute approximate surface area is 82.3 Å². The van der Waals surface area contributed by atoms with Crippen LogP contribution in [0.15, 0.2) is 6.20 Å².